The summed E-state index contributed by atoms with van der Waals surface area (Å²) in [6, 6.07) is 11.6. The van der Waals surface area contributed by atoms with Gasteiger partial charge >= 0.3 is 0 Å². The fraction of sp³-hybridized carbons (Fsp3) is 0.286. The molecule has 0 saturated heterocycles. The van der Waals surface area contributed by atoms with Crippen molar-refractivity contribution in [3.05, 3.63) is 52.3 Å². The van der Waals surface area contributed by atoms with Crippen molar-refractivity contribution < 1.29 is 14.3 Å². The number of methoxy groups -OCH3 is 2. The molecule has 1 heterocycles. The van der Waals surface area contributed by atoms with Crippen LogP contribution in [0.3, 0.4) is 0 Å². The minimum Gasteiger partial charge on any atom is -0.493 e. The van der Waals surface area contributed by atoms with Crippen LogP contribution in [0.2, 0.25) is 0 Å². The lowest BCUT2D eigenvalue weighted by molar-refractivity contribution is -0.116. The molecule has 0 saturated carbocycles. The second-order valence-corrected chi connectivity index (χ2v) is 7.08. The Morgan fingerprint density at radius 1 is 1.14 bits per heavy atom. The standard InChI is InChI=1S/C21H24N4O3S/c1-13-5-7-15(8-6-13)20-23-24-21(29)25(20)10-9-19(26)22-16-12-18(28-4)17(27-3)11-14(16)2/h5-8,11-12H,9-10H2,1-4H3,(H,22,26)(H,24,29). The lowest BCUT2D eigenvalue weighted by Gasteiger charge is -2.14. The van der Waals surface area contributed by atoms with Crippen molar-refractivity contribution in [2.75, 3.05) is 19.5 Å². The van der Waals surface area contributed by atoms with Crippen LogP contribution in [0.15, 0.2) is 36.4 Å². The molecule has 0 radical (unpaired) electrons. The van der Waals surface area contributed by atoms with E-state index in [1.54, 1.807) is 20.3 Å². The van der Waals surface area contributed by atoms with E-state index < -0.39 is 0 Å². The Morgan fingerprint density at radius 2 is 1.79 bits per heavy atom. The zero-order valence-electron chi connectivity index (χ0n) is 16.9. The molecule has 0 fully saturated rings. The van der Waals surface area contributed by atoms with Gasteiger partial charge in [-0.3, -0.25) is 14.5 Å². The summed E-state index contributed by atoms with van der Waals surface area (Å²) in [6.45, 7) is 4.34. The fourth-order valence-corrected chi connectivity index (χ4v) is 3.21. The molecule has 2 aromatic carbocycles. The zero-order chi connectivity index (χ0) is 21.0. The number of amides is 1. The quantitative estimate of drug-likeness (QED) is 0.567. The van der Waals surface area contributed by atoms with Gasteiger partial charge in [-0.25, -0.2) is 0 Å². The van der Waals surface area contributed by atoms with Crippen molar-refractivity contribution in [3.8, 4) is 22.9 Å². The summed E-state index contributed by atoms with van der Waals surface area (Å²) in [5.74, 6) is 1.77. The van der Waals surface area contributed by atoms with Gasteiger partial charge in [-0.15, -0.1) is 0 Å². The van der Waals surface area contributed by atoms with E-state index in [-0.39, 0.29) is 12.3 Å². The van der Waals surface area contributed by atoms with E-state index >= 15 is 0 Å². The predicted molar refractivity (Wildman–Crippen MR) is 115 cm³/mol. The van der Waals surface area contributed by atoms with Gasteiger partial charge in [0.2, 0.25) is 5.91 Å². The SMILES string of the molecule is COc1cc(C)c(NC(=O)CCn2c(-c3ccc(C)cc3)n[nH]c2=S)cc1OC. The van der Waals surface area contributed by atoms with Crippen LogP contribution in [0.4, 0.5) is 5.69 Å². The number of H-pyrrole nitrogens is 1. The smallest absolute Gasteiger partial charge is 0.226 e. The van der Waals surface area contributed by atoms with Crippen LogP contribution in [0, 0.1) is 18.6 Å². The third-order valence-corrected chi connectivity index (χ3v) is 4.95. The largest absolute Gasteiger partial charge is 0.493 e. The summed E-state index contributed by atoms with van der Waals surface area (Å²) in [5, 5.41) is 10.1. The number of aryl methyl sites for hydroxylation is 2. The summed E-state index contributed by atoms with van der Waals surface area (Å²) in [4.78, 5) is 12.6. The number of aromatic amines is 1. The number of nitrogens with zero attached hydrogens (tertiary/aromatic N) is 2. The fourth-order valence-electron chi connectivity index (χ4n) is 2.99. The number of hydrogen-bond donors (Lipinski definition) is 2. The molecule has 0 spiro atoms. The highest BCUT2D eigenvalue weighted by Gasteiger charge is 2.13. The molecular weight excluding hydrogens is 388 g/mol. The molecule has 7 nitrogen and oxygen atoms in total. The number of rotatable bonds is 7. The van der Waals surface area contributed by atoms with Gasteiger partial charge in [-0.1, -0.05) is 29.8 Å². The number of carbonyl (C=O) groups is 1. The minimum atomic E-state index is -0.127. The molecule has 3 aromatic rings. The first-order valence-electron chi connectivity index (χ1n) is 9.17. The predicted octanol–water partition coefficient (Wildman–Crippen LogP) is 4.27. The van der Waals surface area contributed by atoms with Crippen molar-refractivity contribution in [2.24, 2.45) is 0 Å². The maximum Gasteiger partial charge on any atom is 0.226 e. The lowest BCUT2D eigenvalue weighted by atomic mass is 10.1. The highest BCUT2D eigenvalue weighted by Crippen LogP contribution is 2.33. The molecule has 0 bridgehead atoms. The molecule has 1 aromatic heterocycles. The van der Waals surface area contributed by atoms with Crippen LogP contribution in [0.1, 0.15) is 17.5 Å². The Bertz CT molecular complexity index is 1070. The van der Waals surface area contributed by atoms with Gasteiger partial charge in [0, 0.05) is 30.3 Å². The van der Waals surface area contributed by atoms with Gasteiger partial charge in [0.05, 0.1) is 14.2 Å². The van der Waals surface area contributed by atoms with Crippen molar-refractivity contribution in [3.63, 3.8) is 0 Å². The lowest BCUT2D eigenvalue weighted by Crippen LogP contribution is -2.16. The summed E-state index contributed by atoms with van der Waals surface area (Å²) < 4.78 is 12.9. The van der Waals surface area contributed by atoms with Gasteiger partial charge in [-0.05, 0) is 37.7 Å². The molecule has 0 unspecified atom stereocenters. The minimum absolute atomic E-state index is 0.127. The van der Waals surface area contributed by atoms with Crippen LogP contribution in [-0.4, -0.2) is 34.9 Å². The Labute approximate surface area is 174 Å². The molecule has 0 aliphatic carbocycles. The highest BCUT2D eigenvalue weighted by molar-refractivity contribution is 7.71. The Balaban J connectivity index is 1.73. The van der Waals surface area contributed by atoms with Crippen molar-refractivity contribution in [1.82, 2.24) is 14.8 Å². The second-order valence-electron chi connectivity index (χ2n) is 6.69. The maximum absolute atomic E-state index is 12.6. The molecule has 2 N–H and O–H groups in total. The average Bonchev–Trinajstić information content (AvgIpc) is 3.08. The molecule has 1 amide bonds. The first-order valence-corrected chi connectivity index (χ1v) is 9.58. The Kier molecular flexibility index (Phi) is 6.33. The monoisotopic (exact) mass is 412 g/mol. The van der Waals surface area contributed by atoms with Gasteiger partial charge in [0.25, 0.3) is 0 Å². The number of ether oxygens (including phenoxy) is 2. The molecule has 0 aliphatic heterocycles. The topological polar surface area (TPSA) is 81.2 Å². The van der Waals surface area contributed by atoms with Crippen molar-refractivity contribution in [1.29, 1.82) is 0 Å². The van der Waals surface area contributed by atoms with Crippen LogP contribution in [0.25, 0.3) is 11.4 Å². The van der Waals surface area contributed by atoms with Crippen LogP contribution in [-0.2, 0) is 11.3 Å². The number of anilines is 1. The molecule has 0 atom stereocenters. The summed E-state index contributed by atoms with van der Waals surface area (Å²) >= 11 is 5.34. The van der Waals surface area contributed by atoms with Gasteiger partial charge in [0.1, 0.15) is 0 Å². The molecule has 3 rings (SSSR count). The van der Waals surface area contributed by atoms with Crippen LogP contribution < -0.4 is 14.8 Å². The number of hydrogen-bond acceptors (Lipinski definition) is 5. The molecule has 29 heavy (non-hydrogen) atoms. The highest BCUT2D eigenvalue weighted by atomic mass is 32.1. The second kappa shape index (κ2) is 8.91. The van der Waals surface area contributed by atoms with Crippen LogP contribution >= 0.6 is 12.2 Å². The van der Waals surface area contributed by atoms with E-state index in [9.17, 15) is 4.79 Å². The first kappa shape index (κ1) is 20.6. The van der Waals surface area contributed by atoms with E-state index in [1.807, 2.05) is 48.7 Å². The van der Waals surface area contributed by atoms with Crippen LogP contribution in [0.5, 0.6) is 11.5 Å². The average molecular weight is 413 g/mol. The normalized spacial score (nSPS) is 10.6. The number of carbonyl (C=O) groups excluding carboxylic acids is 1. The Morgan fingerprint density at radius 3 is 2.45 bits per heavy atom. The molecule has 0 aliphatic rings. The summed E-state index contributed by atoms with van der Waals surface area (Å²) in [6.07, 6.45) is 0.250. The summed E-state index contributed by atoms with van der Waals surface area (Å²) in [5.41, 5.74) is 3.68. The number of aromatic nitrogens is 3. The van der Waals surface area contributed by atoms with E-state index in [0.29, 0.717) is 34.3 Å². The van der Waals surface area contributed by atoms with E-state index in [4.69, 9.17) is 21.7 Å². The van der Waals surface area contributed by atoms with E-state index in [0.717, 1.165) is 11.1 Å². The number of nitrogens with one attached hydrogen (secondary N) is 2. The summed E-state index contributed by atoms with van der Waals surface area (Å²) in [7, 11) is 3.14. The third kappa shape index (κ3) is 4.65. The Hall–Kier alpha value is -3.13. The number of benzene rings is 2. The van der Waals surface area contributed by atoms with E-state index in [1.165, 1.54) is 5.56 Å². The maximum atomic E-state index is 12.6. The molecular formula is C21H24N4O3S. The zero-order valence-corrected chi connectivity index (χ0v) is 17.7. The van der Waals surface area contributed by atoms with Gasteiger partial charge < -0.3 is 14.8 Å². The first-order chi connectivity index (χ1) is 13.9. The molecule has 8 heteroatoms. The molecule has 152 valence electrons. The third-order valence-electron chi connectivity index (χ3n) is 4.64. The van der Waals surface area contributed by atoms with Gasteiger partial charge in [-0.2, -0.15) is 5.10 Å². The van der Waals surface area contributed by atoms with Crippen molar-refractivity contribution in [2.45, 2.75) is 26.8 Å². The van der Waals surface area contributed by atoms with E-state index in [2.05, 4.69) is 15.5 Å². The van der Waals surface area contributed by atoms with Gasteiger partial charge in [0.15, 0.2) is 22.1 Å². The van der Waals surface area contributed by atoms with Crippen molar-refractivity contribution >= 4 is 23.8 Å².